The minimum atomic E-state index is 1.22. The minimum Gasteiger partial charge on any atom is -0.0888 e. The van der Waals surface area contributed by atoms with Gasteiger partial charge in [-0.15, -0.1) is 0 Å². The van der Waals surface area contributed by atoms with Crippen LogP contribution in [0, 0.1) is 0 Å². The van der Waals surface area contributed by atoms with Gasteiger partial charge in [0.1, 0.15) is 0 Å². The van der Waals surface area contributed by atoms with E-state index in [2.05, 4.69) is 194 Å². The van der Waals surface area contributed by atoms with Gasteiger partial charge in [-0.1, -0.05) is 193 Å². The fourth-order valence-corrected chi connectivity index (χ4v) is 9.16. The van der Waals surface area contributed by atoms with Crippen molar-refractivity contribution in [2.24, 2.45) is 0 Å². The molecule has 0 aliphatic carbocycles. The Hall–Kier alpha value is -5.54. The molecule has 0 unspecified atom stereocenters. The highest BCUT2D eigenvalue weighted by Gasteiger charge is 2.22. The molecule has 0 spiro atoms. The first-order valence-electron chi connectivity index (χ1n) is 16.9. The quantitative estimate of drug-likeness (QED) is 0.182. The van der Waals surface area contributed by atoms with E-state index >= 15 is 0 Å². The lowest BCUT2D eigenvalue weighted by molar-refractivity contribution is 1.32. The molecule has 0 amide bonds. The van der Waals surface area contributed by atoms with Crippen molar-refractivity contribution in [1.82, 2.24) is 0 Å². The van der Waals surface area contributed by atoms with Crippen LogP contribution in [0.3, 0.4) is 0 Å². The lowest BCUT2D eigenvalue weighted by Gasteiger charge is -2.22. The van der Waals surface area contributed by atoms with E-state index in [1.54, 1.807) is 0 Å². The molecule has 0 saturated carbocycles. The zero-order valence-corrected chi connectivity index (χ0v) is 28.9. The van der Waals surface area contributed by atoms with Gasteiger partial charge in [-0.2, -0.15) is 0 Å². The van der Waals surface area contributed by atoms with Crippen molar-refractivity contribution in [3.8, 4) is 66.8 Å². The van der Waals surface area contributed by atoms with Gasteiger partial charge >= 0.3 is 0 Å². The smallest absolute Gasteiger partial charge is 0.0207 e. The average molecular weight is 673 g/mol. The molecule has 1 aliphatic rings. The number of benzene rings is 8. The van der Waals surface area contributed by atoms with Gasteiger partial charge in [0, 0.05) is 19.6 Å². The predicted molar refractivity (Wildman–Crippen MR) is 214 cm³/mol. The Labute approximate surface area is 302 Å². The van der Waals surface area contributed by atoms with E-state index in [4.69, 9.17) is 0 Å². The highest BCUT2D eigenvalue weighted by atomic mass is 32.2. The fraction of sp³-hybridized carbons (Fsp3) is 0. The second-order valence-electron chi connectivity index (χ2n) is 12.5. The standard InChI is InChI=1S/C48H32S2/c1-5-13-33(14-6-1)37-21-25-41-42-26-22-39(35-17-9-3-10-18-35)31-47(42)50-48-32-40(36-19-11-4-12-20-36)24-28-44(48)43-27-23-38(34-15-7-2-8-16-34)30-46(43)49-45(41)29-37/h1-32H. The van der Waals surface area contributed by atoms with Gasteiger partial charge in [-0.3, -0.25) is 0 Å². The molecule has 0 N–H and O–H groups in total. The zero-order chi connectivity index (χ0) is 33.3. The van der Waals surface area contributed by atoms with Crippen LogP contribution in [0.1, 0.15) is 0 Å². The van der Waals surface area contributed by atoms with Crippen LogP contribution in [0.4, 0.5) is 0 Å². The number of hydrogen-bond acceptors (Lipinski definition) is 2. The van der Waals surface area contributed by atoms with Crippen molar-refractivity contribution in [3.63, 3.8) is 0 Å². The summed E-state index contributed by atoms with van der Waals surface area (Å²) in [6.07, 6.45) is 0. The van der Waals surface area contributed by atoms with Crippen LogP contribution in [0.25, 0.3) is 66.8 Å². The average Bonchev–Trinajstić information content (AvgIpc) is 3.19. The molecule has 0 bridgehead atoms. The SMILES string of the molecule is c1ccc(-c2ccc3c(c2)Sc2cc(-c4ccccc4)ccc2-c2ccc(-c4ccccc4)cc2Sc2cc(-c4ccccc4)ccc2-3)cc1. The molecule has 50 heavy (non-hydrogen) atoms. The van der Waals surface area contributed by atoms with Crippen LogP contribution in [-0.2, 0) is 0 Å². The topological polar surface area (TPSA) is 0 Å². The molecule has 0 saturated heterocycles. The number of hydrogen-bond donors (Lipinski definition) is 0. The second-order valence-corrected chi connectivity index (χ2v) is 14.7. The summed E-state index contributed by atoms with van der Waals surface area (Å²) in [7, 11) is 0. The van der Waals surface area contributed by atoms with Gasteiger partial charge in [-0.05, 0) is 91.0 Å². The van der Waals surface area contributed by atoms with Crippen molar-refractivity contribution in [2.75, 3.05) is 0 Å². The van der Waals surface area contributed by atoms with Crippen LogP contribution in [-0.4, -0.2) is 0 Å². The van der Waals surface area contributed by atoms with Gasteiger partial charge in [0.25, 0.3) is 0 Å². The summed E-state index contributed by atoms with van der Waals surface area (Å²) in [5, 5.41) is 0. The van der Waals surface area contributed by atoms with E-state index in [9.17, 15) is 0 Å². The first-order valence-corrected chi connectivity index (χ1v) is 18.5. The maximum absolute atomic E-state index is 2.38. The van der Waals surface area contributed by atoms with Crippen molar-refractivity contribution in [3.05, 3.63) is 194 Å². The Bertz CT molecular complexity index is 2100. The highest BCUT2D eigenvalue weighted by Crippen LogP contribution is 2.51. The lowest BCUT2D eigenvalue weighted by atomic mass is 9.97. The monoisotopic (exact) mass is 672 g/mol. The molecule has 8 aromatic carbocycles. The molecule has 0 radical (unpaired) electrons. The Morgan fingerprint density at radius 3 is 0.640 bits per heavy atom. The molecule has 0 fully saturated rings. The molecule has 0 aromatic heterocycles. The Morgan fingerprint density at radius 1 is 0.200 bits per heavy atom. The molecule has 9 rings (SSSR count). The normalized spacial score (nSPS) is 11.8. The molecule has 8 aromatic rings. The molecule has 2 heteroatoms. The third-order valence-electron chi connectivity index (χ3n) is 9.38. The first kappa shape index (κ1) is 30.5. The third-order valence-corrected chi connectivity index (χ3v) is 11.6. The molecule has 0 atom stereocenters. The predicted octanol–water partition coefficient (Wildman–Crippen LogP) is 14.3. The highest BCUT2D eigenvalue weighted by molar-refractivity contribution is 8.00. The third kappa shape index (κ3) is 5.98. The summed E-state index contributed by atoms with van der Waals surface area (Å²) in [6.45, 7) is 0. The van der Waals surface area contributed by atoms with E-state index in [1.165, 1.54) is 86.3 Å². The van der Waals surface area contributed by atoms with Crippen LogP contribution >= 0.6 is 23.5 Å². The lowest BCUT2D eigenvalue weighted by Crippen LogP contribution is -1.95. The molecule has 0 nitrogen and oxygen atoms in total. The Kier molecular flexibility index (Phi) is 8.18. The van der Waals surface area contributed by atoms with E-state index in [0.29, 0.717) is 0 Å². The van der Waals surface area contributed by atoms with Crippen molar-refractivity contribution < 1.29 is 0 Å². The van der Waals surface area contributed by atoms with Gasteiger partial charge in [0.15, 0.2) is 0 Å². The van der Waals surface area contributed by atoms with Crippen molar-refractivity contribution >= 4 is 23.5 Å². The van der Waals surface area contributed by atoms with Crippen molar-refractivity contribution in [2.45, 2.75) is 19.6 Å². The Balaban J connectivity index is 1.30. The molecular formula is C48H32S2. The second kappa shape index (κ2) is 13.4. The van der Waals surface area contributed by atoms with E-state index in [-0.39, 0.29) is 0 Å². The minimum absolute atomic E-state index is 1.22. The maximum Gasteiger partial charge on any atom is 0.0207 e. The van der Waals surface area contributed by atoms with Crippen LogP contribution in [0.5, 0.6) is 0 Å². The van der Waals surface area contributed by atoms with E-state index in [0.717, 1.165) is 0 Å². The number of fused-ring (bicyclic) bond motifs is 6. The van der Waals surface area contributed by atoms with Gasteiger partial charge in [0.05, 0.1) is 0 Å². The van der Waals surface area contributed by atoms with Crippen molar-refractivity contribution in [1.29, 1.82) is 0 Å². The van der Waals surface area contributed by atoms with Crippen LogP contribution < -0.4 is 0 Å². The van der Waals surface area contributed by atoms with Gasteiger partial charge in [-0.25, -0.2) is 0 Å². The molecular weight excluding hydrogens is 641 g/mol. The van der Waals surface area contributed by atoms with Gasteiger partial charge in [0.2, 0.25) is 0 Å². The largest absolute Gasteiger partial charge is 0.0888 e. The molecule has 1 heterocycles. The van der Waals surface area contributed by atoms with Crippen LogP contribution in [0.2, 0.25) is 0 Å². The molecule has 1 aliphatic heterocycles. The summed E-state index contributed by atoms with van der Waals surface area (Å²) >= 11 is 3.75. The fourth-order valence-electron chi connectivity index (χ4n) is 6.79. The number of rotatable bonds is 4. The summed E-state index contributed by atoms with van der Waals surface area (Å²) < 4.78 is 0. The molecule has 236 valence electrons. The van der Waals surface area contributed by atoms with Gasteiger partial charge < -0.3 is 0 Å². The summed E-state index contributed by atoms with van der Waals surface area (Å²) in [4.78, 5) is 4.99. The zero-order valence-electron chi connectivity index (χ0n) is 27.3. The maximum atomic E-state index is 2.38. The summed E-state index contributed by atoms with van der Waals surface area (Å²) in [5.74, 6) is 0. The Morgan fingerprint density at radius 2 is 0.420 bits per heavy atom. The summed E-state index contributed by atoms with van der Waals surface area (Å²) in [5.41, 5.74) is 14.7. The van der Waals surface area contributed by atoms with E-state index in [1.807, 2.05) is 23.5 Å². The van der Waals surface area contributed by atoms with E-state index < -0.39 is 0 Å². The first-order chi connectivity index (χ1) is 24.8. The summed E-state index contributed by atoms with van der Waals surface area (Å²) in [6, 6.07) is 70.8. The van der Waals surface area contributed by atoms with Crippen LogP contribution in [0.15, 0.2) is 214 Å².